The minimum atomic E-state index is 0.212. The molecule has 112 valence electrons. The van der Waals surface area contributed by atoms with E-state index in [2.05, 4.69) is 15.4 Å². The van der Waals surface area contributed by atoms with Gasteiger partial charge in [-0.25, -0.2) is 4.98 Å². The first-order chi connectivity index (χ1) is 10.7. The molecular weight excluding hydrogens is 277 g/mol. The topological polar surface area (TPSA) is 88.5 Å². The molecule has 0 aliphatic heterocycles. The van der Waals surface area contributed by atoms with E-state index in [4.69, 9.17) is 5.73 Å². The Morgan fingerprint density at radius 3 is 2.91 bits per heavy atom. The second-order valence-electron chi connectivity index (χ2n) is 5.18. The molecule has 0 bridgehead atoms. The predicted molar refractivity (Wildman–Crippen MR) is 90.4 cm³/mol. The first-order valence-corrected chi connectivity index (χ1v) is 7.28. The molecule has 0 amide bonds. The maximum atomic E-state index is 10.1. The van der Waals surface area contributed by atoms with Gasteiger partial charge >= 0.3 is 0 Å². The van der Waals surface area contributed by atoms with Crippen LogP contribution in [0.15, 0.2) is 36.5 Å². The van der Waals surface area contributed by atoms with Crippen molar-refractivity contribution in [1.82, 2.24) is 14.6 Å². The number of nitrogens with one attached hydrogen (secondary N) is 1. The Hall–Kier alpha value is -2.54. The predicted octanol–water partition coefficient (Wildman–Crippen LogP) is 0.121. The van der Waals surface area contributed by atoms with E-state index in [-0.39, 0.29) is 5.75 Å². The molecule has 4 N–H and O–H groups in total. The minimum Gasteiger partial charge on any atom is -0.507 e. The monoisotopic (exact) mass is 295 g/mol. The van der Waals surface area contributed by atoms with Crippen LogP contribution >= 0.6 is 0 Å². The van der Waals surface area contributed by atoms with Crippen LogP contribution < -0.4 is 16.5 Å². The van der Waals surface area contributed by atoms with Crippen molar-refractivity contribution in [3.05, 3.63) is 36.5 Å². The maximum absolute atomic E-state index is 10.1. The number of phenolic OH excluding ortho intramolecular Hbond substituents is 1. The van der Waals surface area contributed by atoms with E-state index in [1.54, 1.807) is 22.8 Å². The molecule has 1 aromatic carbocycles. The van der Waals surface area contributed by atoms with Crippen LogP contribution in [0.4, 0.5) is 5.82 Å². The first kappa shape index (κ1) is 14.4. The van der Waals surface area contributed by atoms with Gasteiger partial charge in [0.1, 0.15) is 19.4 Å². The number of anilines is 1. The van der Waals surface area contributed by atoms with Crippen LogP contribution in [0.1, 0.15) is 6.42 Å². The van der Waals surface area contributed by atoms with Crippen molar-refractivity contribution >= 4 is 24.8 Å². The minimum absolute atomic E-state index is 0.212. The molecule has 0 radical (unpaired) electrons. The first-order valence-electron chi connectivity index (χ1n) is 7.28. The lowest BCUT2D eigenvalue weighted by molar-refractivity contribution is 0.477. The van der Waals surface area contributed by atoms with Gasteiger partial charge in [-0.3, -0.25) is 0 Å². The Morgan fingerprint density at radius 1 is 1.32 bits per heavy atom. The van der Waals surface area contributed by atoms with Gasteiger partial charge < -0.3 is 16.2 Å². The van der Waals surface area contributed by atoms with E-state index >= 15 is 0 Å². The number of rotatable bonds is 5. The third-order valence-electron chi connectivity index (χ3n) is 3.52. The van der Waals surface area contributed by atoms with E-state index in [1.807, 2.05) is 26.0 Å². The summed E-state index contributed by atoms with van der Waals surface area (Å²) in [4.78, 5) is 4.63. The van der Waals surface area contributed by atoms with Gasteiger partial charge in [0.05, 0.1) is 5.69 Å². The van der Waals surface area contributed by atoms with Crippen molar-refractivity contribution in [2.45, 2.75) is 6.42 Å². The van der Waals surface area contributed by atoms with Gasteiger partial charge in [-0.15, -0.1) is 0 Å². The molecule has 0 aliphatic carbocycles. The van der Waals surface area contributed by atoms with E-state index in [0.717, 1.165) is 29.9 Å². The molecule has 3 rings (SSSR count). The van der Waals surface area contributed by atoms with Crippen LogP contribution in [0.5, 0.6) is 5.75 Å². The van der Waals surface area contributed by atoms with Gasteiger partial charge in [-0.2, -0.15) is 9.61 Å². The maximum Gasteiger partial charge on any atom is 0.151 e. The molecule has 0 aliphatic rings. The molecule has 0 fully saturated rings. The number of para-hydroxylation sites is 1. The van der Waals surface area contributed by atoms with Gasteiger partial charge in [0, 0.05) is 24.4 Å². The van der Waals surface area contributed by atoms with E-state index in [0.29, 0.717) is 17.8 Å². The van der Waals surface area contributed by atoms with Crippen molar-refractivity contribution in [2.24, 2.45) is 5.73 Å². The molecule has 2 heterocycles. The lowest BCUT2D eigenvalue weighted by atomic mass is 10.0. The summed E-state index contributed by atoms with van der Waals surface area (Å²) in [6.45, 7) is 1.39. The summed E-state index contributed by atoms with van der Waals surface area (Å²) in [5, 5.41) is 17.7. The van der Waals surface area contributed by atoms with E-state index in [9.17, 15) is 5.11 Å². The zero-order valence-corrected chi connectivity index (χ0v) is 12.5. The Labute approximate surface area is 129 Å². The summed E-state index contributed by atoms with van der Waals surface area (Å²) in [7, 11) is 1.97. The van der Waals surface area contributed by atoms with E-state index in [1.165, 1.54) is 0 Å². The summed E-state index contributed by atoms with van der Waals surface area (Å²) < 4.78 is 1.77. The van der Waals surface area contributed by atoms with Crippen LogP contribution in [0, 0.1) is 0 Å². The third kappa shape index (κ3) is 2.63. The molecule has 0 spiro atoms. The quantitative estimate of drug-likeness (QED) is 0.460. The number of nitrogens with zero attached hydrogens (tertiary/aromatic N) is 3. The van der Waals surface area contributed by atoms with Crippen LogP contribution in [-0.2, 0) is 0 Å². The van der Waals surface area contributed by atoms with Crippen LogP contribution in [0.3, 0.4) is 0 Å². The SMILES string of the molecule is Bc1cnn2c(NCCCN)cc(-c3ccccc3O)nc12. The second kappa shape index (κ2) is 6.07. The number of hydrogen-bond donors (Lipinski definition) is 3. The molecule has 0 saturated heterocycles. The summed E-state index contributed by atoms with van der Waals surface area (Å²) in [5.74, 6) is 1.05. The standard InChI is InChI=1S/C15H18BN5O/c16-11-9-19-21-14(18-7-3-6-17)8-12(20-15(11)21)10-4-1-2-5-13(10)22/h1-2,4-5,8-9,18,22H,3,6-7,16-17H2. The van der Waals surface area contributed by atoms with Crippen molar-refractivity contribution < 1.29 is 5.11 Å². The molecule has 0 unspecified atom stereocenters. The fraction of sp³-hybridized carbons (Fsp3) is 0.200. The highest BCUT2D eigenvalue weighted by Crippen LogP contribution is 2.29. The van der Waals surface area contributed by atoms with Crippen LogP contribution in [0.2, 0.25) is 0 Å². The Balaban J connectivity index is 2.11. The normalized spacial score (nSPS) is 11.0. The lowest BCUT2D eigenvalue weighted by Crippen LogP contribution is -2.13. The molecule has 22 heavy (non-hydrogen) atoms. The number of phenols is 1. The zero-order chi connectivity index (χ0) is 15.5. The summed E-state index contributed by atoms with van der Waals surface area (Å²) >= 11 is 0. The highest BCUT2D eigenvalue weighted by Gasteiger charge is 2.12. The molecular formula is C15H18BN5O. The lowest BCUT2D eigenvalue weighted by Gasteiger charge is -2.11. The highest BCUT2D eigenvalue weighted by molar-refractivity contribution is 6.36. The second-order valence-corrected chi connectivity index (χ2v) is 5.18. The number of aromatic hydroxyl groups is 1. The number of nitrogens with two attached hydrogens (primary N) is 1. The van der Waals surface area contributed by atoms with E-state index < -0.39 is 0 Å². The molecule has 0 atom stereocenters. The Morgan fingerprint density at radius 2 is 2.14 bits per heavy atom. The molecule has 3 aromatic rings. The largest absolute Gasteiger partial charge is 0.507 e. The zero-order valence-electron chi connectivity index (χ0n) is 12.5. The van der Waals surface area contributed by atoms with Gasteiger partial charge in [-0.1, -0.05) is 12.1 Å². The summed E-state index contributed by atoms with van der Waals surface area (Å²) in [5.41, 5.74) is 8.72. The molecule has 0 saturated carbocycles. The highest BCUT2D eigenvalue weighted by atomic mass is 16.3. The fourth-order valence-corrected chi connectivity index (χ4v) is 2.35. The molecule has 6 nitrogen and oxygen atoms in total. The smallest absolute Gasteiger partial charge is 0.151 e. The van der Waals surface area contributed by atoms with Gasteiger partial charge in [0.2, 0.25) is 0 Å². The van der Waals surface area contributed by atoms with Crippen molar-refractivity contribution in [3.63, 3.8) is 0 Å². The number of aromatic nitrogens is 3. The van der Waals surface area contributed by atoms with Crippen molar-refractivity contribution in [3.8, 4) is 17.0 Å². The number of benzene rings is 1. The summed E-state index contributed by atoms with van der Waals surface area (Å²) in [6, 6.07) is 9.08. The van der Waals surface area contributed by atoms with Crippen molar-refractivity contribution in [1.29, 1.82) is 0 Å². The van der Waals surface area contributed by atoms with Gasteiger partial charge in [0.15, 0.2) is 5.65 Å². The Kier molecular flexibility index (Phi) is 3.97. The number of fused-ring (bicyclic) bond motifs is 1. The van der Waals surface area contributed by atoms with Crippen LogP contribution in [0.25, 0.3) is 16.9 Å². The van der Waals surface area contributed by atoms with Gasteiger partial charge in [-0.05, 0) is 30.6 Å². The van der Waals surface area contributed by atoms with Crippen molar-refractivity contribution in [2.75, 3.05) is 18.4 Å². The molecule has 2 aromatic heterocycles. The average molecular weight is 295 g/mol. The summed E-state index contributed by atoms with van der Waals surface area (Å²) in [6.07, 6.45) is 2.65. The fourth-order valence-electron chi connectivity index (χ4n) is 2.35. The average Bonchev–Trinajstić information content (AvgIpc) is 2.90. The van der Waals surface area contributed by atoms with Crippen LogP contribution in [-0.4, -0.2) is 40.6 Å². The number of hydrogen-bond acceptors (Lipinski definition) is 5. The third-order valence-corrected chi connectivity index (χ3v) is 3.52. The molecule has 7 heteroatoms. The Bertz CT molecular complexity index is 802. The van der Waals surface area contributed by atoms with Gasteiger partial charge in [0.25, 0.3) is 0 Å².